The van der Waals surface area contributed by atoms with E-state index in [9.17, 15) is 4.79 Å². The van der Waals surface area contributed by atoms with Crippen molar-refractivity contribution in [3.63, 3.8) is 0 Å². The van der Waals surface area contributed by atoms with Crippen LogP contribution in [0.5, 0.6) is 0 Å². The fourth-order valence-electron chi connectivity index (χ4n) is 3.80. The molecular weight excluding hydrogens is 390 g/mol. The number of aromatic nitrogens is 3. The average Bonchev–Trinajstić information content (AvgIpc) is 3.27. The van der Waals surface area contributed by atoms with Gasteiger partial charge in [-0.25, -0.2) is 9.97 Å². The molecule has 1 fully saturated rings. The molecule has 4 heterocycles. The Bertz CT molecular complexity index is 1230. The Kier molecular flexibility index (Phi) is 4.95. The maximum absolute atomic E-state index is 12.9. The SMILES string of the molecule is CN(C)C1CN(c2cc(C(=O)Cc3cc4cc(-c5cnco5)ccc4cn3)ccn2)C1. The number of benzene rings is 1. The molecule has 0 aliphatic carbocycles. The van der Waals surface area contributed by atoms with E-state index < -0.39 is 0 Å². The third-order valence-electron chi connectivity index (χ3n) is 5.82. The summed E-state index contributed by atoms with van der Waals surface area (Å²) >= 11 is 0. The van der Waals surface area contributed by atoms with Crippen LogP contribution in [0.3, 0.4) is 0 Å². The Labute approximate surface area is 180 Å². The number of likely N-dealkylation sites (N-methyl/N-ethyl adjacent to an activating group) is 1. The molecule has 1 aliphatic heterocycles. The highest BCUT2D eigenvalue weighted by Crippen LogP contribution is 2.25. The molecule has 31 heavy (non-hydrogen) atoms. The second kappa shape index (κ2) is 7.92. The molecule has 0 N–H and O–H groups in total. The van der Waals surface area contributed by atoms with Crippen LogP contribution in [-0.2, 0) is 6.42 Å². The van der Waals surface area contributed by atoms with Gasteiger partial charge in [0.15, 0.2) is 17.9 Å². The van der Waals surface area contributed by atoms with E-state index in [0.717, 1.165) is 40.9 Å². The van der Waals surface area contributed by atoms with Crippen LogP contribution in [-0.4, -0.2) is 58.9 Å². The van der Waals surface area contributed by atoms with Crippen molar-refractivity contribution in [2.75, 3.05) is 32.1 Å². The van der Waals surface area contributed by atoms with Crippen LogP contribution in [0.4, 0.5) is 5.82 Å². The largest absolute Gasteiger partial charge is 0.444 e. The van der Waals surface area contributed by atoms with Crippen LogP contribution in [0.1, 0.15) is 16.1 Å². The molecule has 0 atom stereocenters. The maximum atomic E-state index is 12.9. The number of Topliss-reactive ketones (excluding diaryl/α,β-unsaturated/α-hetero) is 1. The lowest BCUT2D eigenvalue weighted by Crippen LogP contribution is -2.57. The Morgan fingerprint density at radius 3 is 2.74 bits per heavy atom. The van der Waals surface area contributed by atoms with Crippen LogP contribution >= 0.6 is 0 Å². The smallest absolute Gasteiger partial charge is 0.181 e. The van der Waals surface area contributed by atoms with Gasteiger partial charge in [0.1, 0.15) is 5.82 Å². The summed E-state index contributed by atoms with van der Waals surface area (Å²) in [5.74, 6) is 1.60. The molecule has 1 saturated heterocycles. The number of carbonyl (C=O) groups excluding carboxylic acids is 1. The first-order chi connectivity index (χ1) is 15.1. The Morgan fingerprint density at radius 1 is 1.10 bits per heavy atom. The molecule has 0 spiro atoms. The van der Waals surface area contributed by atoms with E-state index in [2.05, 4.69) is 38.8 Å². The van der Waals surface area contributed by atoms with Gasteiger partial charge in [0, 0.05) is 53.7 Å². The summed E-state index contributed by atoms with van der Waals surface area (Å²) in [6.07, 6.45) is 6.86. The summed E-state index contributed by atoms with van der Waals surface area (Å²) in [7, 11) is 4.17. The minimum Gasteiger partial charge on any atom is -0.444 e. The molecule has 7 heteroatoms. The second-order valence-electron chi connectivity index (χ2n) is 8.13. The van der Waals surface area contributed by atoms with Crippen molar-refractivity contribution in [3.8, 4) is 11.3 Å². The van der Waals surface area contributed by atoms with Crippen LogP contribution in [0.2, 0.25) is 0 Å². The van der Waals surface area contributed by atoms with E-state index in [1.807, 2.05) is 36.5 Å². The van der Waals surface area contributed by atoms with Crippen molar-refractivity contribution >= 4 is 22.4 Å². The van der Waals surface area contributed by atoms with Crippen molar-refractivity contribution in [1.82, 2.24) is 19.9 Å². The van der Waals surface area contributed by atoms with Crippen LogP contribution in [0, 0.1) is 0 Å². The van der Waals surface area contributed by atoms with E-state index in [4.69, 9.17) is 4.42 Å². The molecule has 0 amide bonds. The van der Waals surface area contributed by atoms with Crippen molar-refractivity contribution < 1.29 is 9.21 Å². The zero-order chi connectivity index (χ0) is 21.4. The summed E-state index contributed by atoms with van der Waals surface area (Å²) in [5.41, 5.74) is 2.34. The van der Waals surface area contributed by atoms with Gasteiger partial charge in [0.25, 0.3) is 0 Å². The van der Waals surface area contributed by atoms with Crippen LogP contribution in [0.15, 0.2) is 65.8 Å². The number of oxazole rings is 1. The molecule has 3 aromatic heterocycles. The minimum atomic E-state index is 0.0339. The van der Waals surface area contributed by atoms with Gasteiger partial charge in [-0.3, -0.25) is 9.78 Å². The number of hydrogen-bond donors (Lipinski definition) is 0. The number of carbonyl (C=O) groups is 1. The van der Waals surface area contributed by atoms with Gasteiger partial charge in [-0.05, 0) is 43.7 Å². The molecule has 5 rings (SSSR count). The predicted octanol–water partition coefficient (Wildman–Crippen LogP) is 3.46. The molecule has 0 saturated carbocycles. The first-order valence-electron chi connectivity index (χ1n) is 10.2. The highest BCUT2D eigenvalue weighted by atomic mass is 16.3. The number of ketones is 1. The highest BCUT2D eigenvalue weighted by molar-refractivity contribution is 5.98. The minimum absolute atomic E-state index is 0.0339. The van der Waals surface area contributed by atoms with Crippen molar-refractivity contribution in [2.24, 2.45) is 0 Å². The third-order valence-corrected chi connectivity index (χ3v) is 5.82. The molecular formula is C24H23N5O2. The summed E-state index contributed by atoms with van der Waals surface area (Å²) in [5, 5.41) is 2.02. The Balaban J connectivity index is 1.34. The molecule has 0 radical (unpaired) electrons. The summed E-state index contributed by atoms with van der Waals surface area (Å²) < 4.78 is 5.39. The summed E-state index contributed by atoms with van der Waals surface area (Å²) in [4.78, 5) is 30.3. The zero-order valence-electron chi connectivity index (χ0n) is 17.5. The number of hydrogen-bond acceptors (Lipinski definition) is 7. The monoisotopic (exact) mass is 413 g/mol. The molecule has 1 aliphatic rings. The first kappa shape index (κ1) is 19.4. The Hall–Kier alpha value is -3.58. The van der Waals surface area contributed by atoms with Crippen LogP contribution < -0.4 is 4.90 Å². The number of nitrogens with zero attached hydrogens (tertiary/aromatic N) is 5. The van der Waals surface area contributed by atoms with Gasteiger partial charge >= 0.3 is 0 Å². The molecule has 7 nitrogen and oxygen atoms in total. The number of anilines is 1. The molecule has 4 aromatic rings. The lowest BCUT2D eigenvalue weighted by atomic mass is 10.0. The molecule has 0 bridgehead atoms. The van der Waals surface area contributed by atoms with Gasteiger partial charge in [-0.2, -0.15) is 0 Å². The normalized spacial score (nSPS) is 14.2. The lowest BCUT2D eigenvalue weighted by molar-refractivity contribution is 0.0992. The molecule has 1 aromatic carbocycles. The average molecular weight is 413 g/mol. The predicted molar refractivity (Wildman–Crippen MR) is 119 cm³/mol. The second-order valence-corrected chi connectivity index (χ2v) is 8.13. The summed E-state index contributed by atoms with van der Waals surface area (Å²) in [6, 6.07) is 12.2. The lowest BCUT2D eigenvalue weighted by Gasteiger charge is -2.43. The van der Waals surface area contributed by atoms with Crippen molar-refractivity contribution in [1.29, 1.82) is 0 Å². The van der Waals surface area contributed by atoms with Crippen LogP contribution in [0.25, 0.3) is 22.1 Å². The number of pyridine rings is 2. The fourth-order valence-corrected chi connectivity index (χ4v) is 3.80. The standard InChI is InChI=1S/C24H23N5O2/c1-28(2)21-13-29(14-21)24-9-16(5-6-26-24)22(30)10-20-8-19-7-17(23-12-25-15-31-23)3-4-18(19)11-27-20/h3-9,11-12,15,21H,10,13-14H2,1-2H3. The zero-order valence-corrected chi connectivity index (χ0v) is 17.5. The summed E-state index contributed by atoms with van der Waals surface area (Å²) in [6.45, 7) is 1.86. The van der Waals surface area contributed by atoms with Gasteiger partial charge < -0.3 is 14.2 Å². The van der Waals surface area contributed by atoms with E-state index in [1.165, 1.54) is 6.39 Å². The number of rotatable bonds is 6. The molecule has 0 unspecified atom stereocenters. The number of fused-ring (bicyclic) bond motifs is 1. The van der Waals surface area contributed by atoms with Gasteiger partial charge in [-0.15, -0.1) is 0 Å². The highest BCUT2D eigenvalue weighted by Gasteiger charge is 2.29. The quantitative estimate of drug-likeness (QED) is 0.448. The van der Waals surface area contributed by atoms with E-state index in [0.29, 0.717) is 17.4 Å². The van der Waals surface area contributed by atoms with Crippen molar-refractivity contribution in [3.05, 3.63) is 72.6 Å². The Morgan fingerprint density at radius 2 is 1.97 bits per heavy atom. The maximum Gasteiger partial charge on any atom is 0.181 e. The van der Waals surface area contributed by atoms with E-state index in [1.54, 1.807) is 18.5 Å². The van der Waals surface area contributed by atoms with Crippen molar-refractivity contribution in [2.45, 2.75) is 12.5 Å². The first-order valence-corrected chi connectivity index (χ1v) is 10.2. The van der Waals surface area contributed by atoms with Gasteiger partial charge in [0.05, 0.1) is 12.6 Å². The van der Waals surface area contributed by atoms with E-state index >= 15 is 0 Å². The third kappa shape index (κ3) is 3.92. The van der Waals surface area contributed by atoms with E-state index in [-0.39, 0.29) is 12.2 Å². The van der Waals surface area contributed by atoms with Gasteiger partial charge in [-0.1, -0.05) is 12.1 Å². The van der Waals surface area contributed by atoms with Gasteiger partial charge in [0.2, 0.25) is 0 Å². The topological polar surface area (TPSA) is 75.4 Å². The molecule has 156 valence electrons. The fraction of sp³-hybridized carbons (Fsp3) is 0.250.